The highest BCUT2D eigenvalue weighted by molar-refractivity contribution is 5.95. The Labute approximate surface area is 160 Å². The number of alkyl carbamates (subject to hydrolysis) is 1. The van der Waals surface area contributed by atoms with E-state index in [2.05, 4.69) is 16.0 Å². The van der Waals surface area contributed by atoms with E-state index in [-0.39, 0.29) is 18.4 Å². The molecule has 0 saturated heterocycles. The van der Waals surface area contributed by atoms with Crippen LogP contribution in [0, 0.1) is 5.92 Å². The molecular weight excluding hydrogens is 346 g/mol. The Hall–Kier alpha value is -2.57. The maximum absolute atomic E-state index is 12.1. The van der Waals surface area contributed by atoms with E-state index in [1.54, 1.807) is 45.0 Å². The second-order valence-corrected chi connectivity index (χ2v) is 7.89. The van der Waals surface area contributed by atoms with Gasteiger partial charge in [-0.15, -0.1) is 0 Å². The van der Waals surface area contributed by atoms with Gasteiger partial charge < -0.3 is 20.7 Å². The summed E-state index contributed by atoms with van der Waals surface area (Å²) in [6.07, 6.45) is 4.54. The summed E-state index contributed by atoms with van der Waals surface area (Å²) >= 11 is 0. The quantitative estimate of drug-likeness (QED) is 0.707. The molecule has 1 aromatic rings. The first-order valence-electron chi connectivity index (χ1n) is 9.38. The van der Waals surface area contributed by atoms with Crippen LogP contribution >= 0.6 is 0 Å². The van der Waals surface area contributed by atoms with Crippen LogP contribution in [0.25, 0.3) is 0 Å². The predicted molar refractivity (Wildman–Crippen MR) is 105 cm³/mol. The number of hydrogen-bond acceptors (Lipinski definition) is 4. The highest BCUT2D eigenvalue weighted by atomic mass is 16.6. The molecular formula is C20H29N3O4. The van der Waals surface area contributed by atoms with Gasteiger partial charge in [0.15, 0.2) is 0 Å². The van der Waals surface area contributed by atoms with E-state index < -0.39 is 11.7 Å². The lowest BCUT2D eigenvalue weighted by molar-refractivity contribution is -0.117. The highest BCUT2D eigenvalue weighted by Gasteiger charge is 2.19. The van der Waals surface area contributed by atoms with Crippen LogP contribution in [-0.2, 0) is 14.3 Å². The molecule has 0 atom stereocenters. The van der Waals surface area contributed by atoms with E-state index in [4.69, 9.17) is 4.74 Å². The molecule has 0 aromatic heterocycles. The maximum atomic E-state index is 12.1. The molecule has 7 nitrogen and oxygen atoms in total. The van der Waals surface area contributed by atoms with Gasteiger partial charge in [-0.25, -0.2) is 4.79 Å². The van der Waals surface area contributed by atoms with Crippen molar-refractivity contribution in [2.45, 2.75) is 58.5 Å². The van der Waals surface area contributed by atoms with Gasteiger partial charge in [0, 0.05) is 17.8 Å². The van der Waals surface area contributed by atoms with Crippen LogP contribution in [0.1, 0.15) is 52.9 Å². The van der Waals surface area contributed by atoms with Gasteiger partial charge in [0.25, 0.3) is 0 Å². The summed E-state index contributed by atoms with van der Waals surface area (Å²) in [5, 5.41) is 7.97. The Balaban J connectivity index is 1.79. The zero-order chi connectivity index (χ0) is 19.9. The molecule has 7 heteroatoms. The van der Waals surface area contributed by atoms with Crippen LogP contribution < -0.4 is 16.0 Å². The fraction of sp³-hybridized carbons (Fsp3) is 0.550. The molecule has 27 heavy (non-hydrogen) atoms. The monoisotopic (exact) mass is 375 g/mol. The van der Waals surface area contributed by atoms with Gasteiger partial charge in [0.1, 0.15) is 12.1 Å². The number of carbonyl (C=O) groups is 3. The van der Waals surface area contributed by atoms with Crippen molar-refractivity contribution in [1.29, 1.82) is 0 Å². The molecule has 1 saturated carbocycles. The van der Waals surface area contributed by atoms with Gasteiger partial charge in [-0.05, 0) is 57.7 Å². The minimum atomic E-state index is -0.648. The number of ether oxygens (including phenoxy) is 1. The number of anilines is 2. The van der Waals surface area contributed by atoms with E-state index in [0.717, 1.165) is 12.8 Å². The Morgan fingerprint density at radius 3 is 2.22 bits per heavy atom. The Morgan fingerprint density at radius 2 is 1.63 bits per heavy atom. The van der Waals surface area contributed by atoms with Crippen LogP contribution in [0.2, 0.25) is 0 Å². The third kappa shape index (κ3) is 8.11. The van der Waals surface area contributed by atoms with Crippen molar-refractivity contribution in [3.63, 3.8) is 0 Å². The lowest BCUT2D eigenvalue weighted by Gasteiger charge is -2.19. The molecule has 1 fully saturated rings. The summed E-state index contributed by atoms with van der Waals surface area (Å²) in [7, 11) is 0. The lowest BCUT2D eigenvalue weighted by Crippen LogP contribution is -2.37. The third-order valence-electron chi connectivity index (χ3n) is 4.17. The van der Waals surface area contributed by atoms with Gasteiger partial charge in [0.05, 0.1) is 0 Å². The molecule has 0 heterocycles. The number of benzene rings is 1. The molecule has 1 aromatic carbocycles. The molecule has 0 unspecified atom stereocenters. The van der Waals surface area contributed by atoms with Crippen molar-refractivity contribution in [1.82, 2.24) is 5.32 Å². The first kappa shape index (κ1) is 20.7. The topological polar surface area (TPSA) is 96.5 Å². The number of amides is 3. The zero-order valence-electron chi connectivity index (χ0n) is 16.3. The highest BCUT2D eigenvalue weighted by Crippen LogP contribution is 2.28. The minimum absolute atomic E-state index is 0.00281. The third-order valence-corrected chi connectivity index (χ3v) is 4.17. The van der Waals surface area contributed by atoms with E-state index in [1.165, 1.54) is 12.8 Å². The first-order chi connectivity index (χ1) is 12.7. The van der Waals surface area contributed by atoms with E-state index in [1.807, 2.05) is 0 Å². The maximum Gasteiger partial charge on any atom is 0.408 e. The van der Waals surface area contributed by atoms with Crippen LogP contribution in [0.5, 0.6) is 0 Å². The van der Waals surface area contributed by atoms with Crippen molar-refractivity contribution in [2.75, 3.05) is 17.2 Å². The molecule has 0 radical (unpaired) electrons. The molecule has 148 valence electrons. The first-order valence-corrected chi connectivity index (χ1v) is 9.38. The molecule has 2 rings (SSSR count). The van der Waals surface area contributed by atoms with Crippen LogP contribution in [0.3, 0.4) is 0 Å². The van der Waals surface area contributed by atoms with E-state index in [9.17, 15) is 14.4 Å². The Morgan fingerprint density at radius 1 is 1.04 bits per heavy atom. The van der Waals surface area contributed by atoms with Crippen LogP contribution in [0.15, 0.2) is 24.3 Å². The molecule has 0 bridgehead atoms. The fourth-order valence-electron chi connectivity index (χ4n) is 3.04. The molecule has 3 amide bonds. The van der Waals surface area contributed by atoms with Crippen LogP contribution in [-0.4, -0.2) is 30.1 Å². The predicted octanol–water partition coefficient (Wildman–Crippen LogP) is 3.67. The summed E-state index contributed by atoms with van der Waals surface area (Å²) in [4.78, 5) is 35.7. The van der Waals surface area contributed by atoms with Crippen molar-refractivity contribution >= 4 is 29.3 Å². The molecule has 1 aliphatic carbocycles. The molecule has 3 N–H and O–H groups in total. The van der Waals surface area contributed by atoms with Crippen molar-refractivity contribution in [3.8, 4) is 0 Å². The Kier molecular flexibility index (Phi) is 7.21. The van der Waals surface area contributed by atoms with Gasteiger partial charge >= 0.3 is 6.09 Å². The summed E-state index contributed by atoms with van der Waals surface area (Å²) in [5.41, 5.74) is 0.562. The second kappa shape index (κ2) is 9.39. The number of carbonyl (C=O) groups excluding carboxylic acids is 3. The summed E-state index contributed by atoms with van der Waals surface area (Å²) in [5.74, 6) is 0.0964. The average molecular weight is 375 g/mol. The number of rotatable bonds is 6. The Bertz CT molecular complexity index is 676. The van der Waals surface area contributed by atoms with E-state index >= 15 is 0 Å². The smallest absolute Gasteiger partial charge is 0.408 e. The van der Waals surface area contributed by atoms with Gasteiger partial charge in [-0.1, -0.05) is 18.9 Å². The average Bonchev–Trinajstić information content (AvgIpc) is 3.04. The van der Waals surface area contributed by atoms with Crippen LogP contribution in [0.4, 0.5) is 16.2 Å². The molecule has 1 aliphatic rings. The largest absolute Gasteiger partial charge is 0.444 e. The van der Waals surface area contributed by atoms with E-state index in [0.29, 0.717) is 23.7 Å². The fourth-order valence-corrected chi connectivity index (χ4v) is 3.04. The summed E-state index contributed by atoms with van der Waals surface area (Å²) in [6, 6.07) is 6.94. The summed E-state index contributed by atoms with van der Waals surface area (Å²) in [6.45, 7) is 5.05. The number of hydrogen-bond donors (Lipinski definition) is 3. The van der Waals surface area contributed by atoms with Crippen molar-refractivity contribution < 1.29 is 19.1 Å². The van der Waals surface area contributed by atoms with Gasteiger partial charge in [0.2, 0.25) is 11.8 Å². The normalized spacial score (nSPS) is 14.5. The standard InChI is InChI=1S/C20H29N3O4/c1-20(2,3)27-19(26)21-13-18(25)23-16-10-6-9-15(12-16)22-17(24)11-14-7-4-5-8-14/h6,9-10,12,14H,4-5,7-8,11,13H2,1-3H3,(H,21,26)(H,22,24)(H,23,25). The van der Waals surface area contributed by atoms with Gasteiger partial charge in [-0.3, -0.25) is 9.59 Å². The van der Waals surface area contributed by atoms with Crippen molar-refractivity contribution in [2.24, 2.45) is 5.92 Å². The van der Waals surface area contributed by atoms with Gasteiger partial charge in [-0.2, -0.15) is 0 Å². The minimum Gasteiger partial charge on any atom is -0.444 e. The number of nitrogens with one attached hydrogen (secondary N) is 3. The zero-order valence-corrected chi connectivity index (χ0v) is 16.3. The molecule has 0 aliphatic heterocycles. The summed E-state index contributed by atoms with van der Waals surface area (Å²) < 4.78 is 5.08. The SMILES string of the molecule is CC(C)(C)OC(=O)NCC(=O)Nc1cccc(NC(=O)CC2CCCC2)c1. The second-order valence-electron chi connectivity index (χ2n) is 7.89. The molecule has 0 spiro atoms. The lowest BCUT2D eigenvalue weighted by atomic mass is 10.0. The van der Waals surface area contributed by atoms with Crippen molar-refractivity contribution in [3.05, 3.63) is 24.3 Å².